The fraction of sp³-hybridized carbons (Fsp3) is 0.800. The summed E-state index contributed by atoms with van der Waals surface area (Å²) in [6.45, 7) is 9.61. The first-order chi connectivity index (χ1) is 12.9. The number of ether oxygens (including phenoxy) is 4. The molecule has 0 bridgehead atoms. The van der Waals surface area contributed by atoms with Gasteiger partial charge < -0.3 is 18.9 Å². The smallest absolute Gasteiger partial charge is 0.306 e. The first kappa shape index (κ1) is 25.9. The molecule has 8 heteroatoms. The number of carbonyl (C=O) groups is 4. The summed E-state index contributed by atoms with van der Waals surface area (Å²) in [6, 6.07) is 0. The number of rotatable bonds is 12. The minimum atomic E-state index is -0.827. The van der Waals surface area contributed by atoms with Crippen LogP contribution in [0.5, 0.6) is 0 Å². The Morgan fingerprint density at radius 3 is 1.86 bits per heavy atom. The molecule has 0 aromatic carbocycles. The van der Waals surface area contributed by atoms with Gasteiger partial charge in [0.15, 0.2) is 6.10 Å². The van der Waals surface area contributed by atoms with E-state index in [9.17, 15) is 19.2 Å². The normalized spacial score (nSPS) is 12.2. The van der Waals surface area contributed by atoms with Gasteiger partial charge in [0.2, 0.25) is 0 Å². The minimum absolute atomic E-state index is 0.159. The third-order valence-electron chi connectivity index (χ3n) is 3.51. The number of carbonyl (C=O) groups excluding carboxylic acids is 4. The summed E-state index contributed by atoms with van der Waals surface area (Å²) in [5.41, 5.74) is -0.491. The summed E-state index contributed by atoms with van der Waals surface area (Å²) in [5.74, 6) is -1.54. The predicted octanol–water partition coefficient (Wildman–Crippen LogP) is 2.95. The van der Waals surface area contributed by atoms with Gasteiger partial charge in [0.25, 0.3) is 0 Å². The van der Waals surface area contributed by atoms with Gasteiger partial charge in [0.1, 0.15) is 18.8 Å². The fourth-order valence-corrected chi connectivity index (χ4v) is 2.31. The van der Waals surface area contributed by atoms with Gasteiger partial charge in [-0.3, -0.25) is 19.2 Å². The molecule has 1 unspecified atom stereocenters. The topological polar surface area (TPSA) is 105 Å². The Balaban J connectivity index is 4.13. The van der Waals surface area contributed by atoms with E-state index in [1.54, 1.807) is 0 Å². The number of hydrogen-bond donors (Lipinski definition) is 0. The van der Waals surface area contributed by atoms with E-state index in [2.05, 4.69) is 0 Å². The highest BCUT2D eigenvalue weighted by Crippen LogP contribution is 2.17. The maximum atomic E-state index is 11.9. The third-order valence-corrected chi connectivity index (χ3v) is 3.51. The molecule has 0 aliphatic heterocycles. The van der Waals surface area contributed by atoms with E-state index in [-0.39, 0.29) is 31.5 Å². The zero-order valence-corrected chi connectivity index (χ0v) is 17.9. The molecule has 0 aromatic rings. The quantitative estimate of drug-likeness (QED) is 0.279. The van der Waals surface area contributed by atoms with Crippen molar-refractivity contribution in [1.82, 2.24) is 0 Å². The van der Waals surface area contributed by atoms with Crippen molar-refractivity contribution in [3.8, 4) is 0 Å². The van der Waals surface area contributed by atoms with Crippen LogP contribution in [0.3, 0.4) is 0 Å². The number of esters is 4. The van der Waals surface area contributed by atoms with E-state index in [0.717, 1.165) is 12.8 Å². The lowest BCUT2D eigenvalue weighted by Crippen LogP contribution is -2.30. The van der Waals surface area contributed by atoms with Crippen molar-refractivity contribution in [2.45, 2.75) is 85.4 Å². The maximum absolute atomic E-state index is 11.9. The first-order valence-electron chi connectivity index (χ1n) is 9.57. The van der Waals surface area contributed by atoms with Crippen molar-refractivity contribution in [3.63, 3.8) is 0 Å². The Kier molecular flexibility index (Phi) is 12.1. The summed E-state index contributed by atoms with van der Waals surface area (Å²) in [5, 5.41) is 0. The van der Waals surface area contributed by atoms with Gasteiger partial charge in [-0.15, -0.1) is 0 Å². The molecule has 0 fully saturated rings. The van der Waals surface area contributed by atoms with Crippen molar-refractivity contribution in [1.29, 1.82) is 0 Å². The van der Waals surface area contributed by atoms with E-state index in [0.29, 0.717) is 12.8 Å². The molecule has 28 heavy (non-hydrogen) atoms. The lowest BCUT2D eigenvalue weighted by molar-refractivity contribution is -0.165. The molecule has 0 saturated carbocycles. The van der Waals surface area contributed by atoms with E-state index in [1.165, 1.54) is 13.8 Å². The summed E-state index contributed by atoms with van der Waals surface area (Å²) in [7, 11) is 0. The van der Waals surface area contributed by atoms with E-state index >= 15 is 0 Å². The van der Waals surface area contributed by atoms with Crippen LogP contribution in [0.15, 0.2) is 0 Å². The molecule has 0 saturated heterocycles. The maximum Gasteiger partial charge on any atom is 0.306 e. The van der Waals surface area contributed by atoms with Crippen LogP contribution in [0.4, 0.5) is 0 Å². The Morgan fingerprint density at radius 1 is 0.857 bits per heavy atom. The average Bonchev–Trinajstić information content (AvgIpc) is 2.51. The van der Waals surface area contributed by atoms with Gasteiger partial charge in [-0.05, 0) is 33.1 Å². The van der Waals surface area contributed by atoms with Gasteiger partial charge >= 0.3 is 23.9 Å². The lowest BCUT2D eigenvalue weighted by atomic mass is 10.00. The van der Waals surface area contributed by atoms with E-state index < -0.39 is 29.6 Å². The van der Waals surface area contributed by atoms with Crippen molar-refractivity contribution >= 4 is 23.9 Å². The van der Waals surface area contributed by atoms with Gasteiger partial charge in [0, 0.05) is 26.7 Å². The summed E-state index contributed by atoms with van der Waals surface area (Å²) < 4.78 is 20.1. The van der Waals surface area contributed by atoms with Gasteiger partial charge in [-0.1, -0.05) is 19.8 Å². The standard InChI is InChI=1S/C20H34O8/c1-14(11-19(24)28-20(4,5)6)9-7-8-10-18(23)27-17(12-25-15(2)21)13-26-16(3)22/h14,17H,7-13H2,1-6H3. The molecule has 0 amide bonds. The van der Waals surface area contributed by atoms with Crippen LogP contribution in [0.25, 0.3) is 0 Å². The van der Waals surface area contributed by atoms with Crippen LogP contribution in [-0.2, 0) is 38.1 Å². The molecule has 0 spiro atoms. The minimum Gasteiger partial charge on any atom is -0.462 e. The first-order valence-corrected chi connectivity index (χ1v) is 9.57. The molecule has 0 aliphatic rings. The SMILES string of the molecule is CC(=O)OCC(COC(C)=O)OC(=O)CCCCC(C)CC(=O)OC(C)(C)C. The summed E-state index contributed by atoms with van der Waals surface area (Å²) >= 11 is 0. The molecule has 0 radical (unpaired) electrons. The fourth-order valence-electron chi connectivity index (χ4n) is 2.31. The van der Waals surface area contributed by atoms with Crippen molar-refractivity contribution in [2.75, 3.05) is 13.2 Å². The number of hydrogen-bond acceptors (Lipinski definition) is 8. The highest BCUT2D eigenvalue weighted by atomic mass is 16.6. The second-order valence-corrected chi connectivity index (χ2v) is 7.86. The van der Waals surface area contributed by atoms with Crippen LogP contribution in [0.2, 0.25) is 0 Å². The zero-order chi connectivity index (χ0) is 21.7. The summed E-state index contributed by atoms with van der Waals surface area (Å²) in [6.07, 6.45) is 1.86. The average molecular weight is 402 g/mol. The zero-order valence-electron chi connectivity index (χ0n) is 17.9. The molecule has 0 heterocycles. The number of unbranched alkanes of at least 4 members (excludes halogenated alkanes) is 1. The molecule has 162 valence electrons. The van der Waals surface area contributed by atoms with Crippen LogP contribution >= 0.6 is 0 Å². The second kappa shape index (κ2) is 13.1. The van der Waals surface area contributed by atoms with Crippen molar-refractivity contribution in [2.24, 2.45) is 5.92 Å². The van der Waals surface area contributed by atoms with Gasteiger partial charge in [-0.2, -0.15) is 0 Å². The van der Waals surface area contributed by atoms with E-state index in [1.807, 2.05) is 27.7 Å². The summed E-state index contributed by atoms with van der Waals surface area (Å²) in [4.78, 5) is 45.5. The monoisotopic (exact) mass is 402 g/mol. The molecule has 0 N–H and O–H groups in total. The van der Waals surface area contributed by atoms with Crippen molar-refractivity contribution < 1.29 is 38.1 Å². The Morgan fingerprint density at radius 2 is 1.39 bits per heavy atom. The van der Waals surface area contributed by atoms with Crippen LogP contribution in [0.1, 0.15) is 73.6 Å². The Labute approximate surface area is 167 Å². The van der Waals surface area contributed by atoms with Gasteiger partial charge in [-0.25, -0.2) is 0 Å². The van der Waals surface area contributed by atoms with Crippen molar-refractivity contribution in [3.05, 3.63) is 0 Å². The molecular formula is C20H34O8. The molecule has 0 aromatic heterocycles. The lowest BCUT2D eigenvalue weighted by Gasteiger charge is -2.21. The Hall–Kier alpha value is -2.12. The van der Waals surface area contributed by atoms with Crippen LogP contribution in [0, 0.1) is 5.92 Å². The third kappa shape index (κ3) is 16.1. The predicted molar refractivity (Wildman–Crippen MR) is 101 cm³/mol. The largest absolute Gasteiger partial charge is 0.462 e. The Bertz CT molecular complexity index is 503. The van der Waals surface area contributed by atoms with E-state index in [4.69, 9.17) is 18.9 Å². The molecule has 0 aliphatic carbocycles. The molecule has 1 atom stereocenters. The highest BCUT2D eigenvalue weighted by Gasteiger charge is 2.19. The highest BCUT2D eigenvalue weighted by molar-refractivity contribution is 5.70. The second-order valence-electron chi connectivity index (χ2n) is 7.86. The van der Waals surface area contributed by atoms with Crippen LogP contribution < -0.4 is 0 Å². The molecule has 8 nitrogen and oxygen atoms in total. The molecular weight excluding hydrogens is 368 g/mol. The molecule has 0 rings (SSSR count). The van der Waals surface area contributed by atoms with Gasteiger partial charge in [0.05, 0.1) is 0 Å². The van der Waals surface area contributed by atoms with Crippen LogP contribution in [-0.4, -0.2) is 48.8 Å².